The molecule has 2 rings (SSSR count). The van der Waals surface area contributed by atoms with Crippen LogP contribution in [0.1, 0.15) is 6.42 Å². The SMILES string of the molecule is C=C1COC(C2=CCC=N2)C(=O)N1. The summed E-state index contributed by atoms with van der Waals surface area (Å²) in [5.74, 6) is -0.179. The van der Waals surface area contributed by atoms with Gasteiger partial charge in [-0.1, -0.05) is 12.7 Å². The minimum absolute atomic E-state index is 0.179. The van der Waals surface area contributed by atoms with Crippen molar-refractivity contribution in [2.24, 2.45) is 4.99 Å². The Morgan fingerprint density at radius 2 is 2.54 bits per heavy atom. The molecule has 68 valence electrons. The van der Waals surface area contributed by atoms with Gasteiger partial charge in [-0.2, -0.15) is 0 Å². The van der Waals surface area contributed by atoms with Gasteiger partial charge in [-0.25, -0.2) is 0 Å². The molecule has 1 fully saturated rings. The number of carbonyl (C=O) groups is 1. The molecule has 1 saturated heterocycles. The van der Waals surface area contributed by atoms with Crippen LogP contribution in [0.2, 0.25) is 0 Å². The number of ether oxygens (including phenoxy) is 1. The molecule has 2 aliphatic heterocycles. The minimum atomic E-state index is -0.552. The fraction of sp³-hybridized carbons (Fsp3) is 0.333. The zero-order valence-electron chi connectivity index (χ0n) is 7.12. The lowest BCUT2D eigenvalue weighted by Gasteiger charge is -2.23. The molecule has 1 atom stereocenters. The third kappa shape index (κ3) is 1.53. The molecule has 4 heteroatoms. The lowest BCUT2D eigenvalue weighted by molar-refractivity contribution is -0.132. The van der Waals surface area contributed by atoms with Gasteiger partial charge >= 0.3 is 0 Å². The quantitative estimate of drug-likeness (QED) is 0.630. The summed E-state index contributed by atoms with van der Waals surface area (Å²) in [6.07, 6.45) is 3.88. The first-order chi connectivity index (χ1) is 6.27. The average Bonchev–Trinajstić information content (AvgIpc) is 2.56. The molecule has 0 aromatic carbocycles. The molecular weight excluding hydrogens is 168 g/mol. The summed E-state index contributed by atoms with van der Waals surface area (Å²) in [4.78, 5) is 15.4. The lowest BCUT2D eigenvalue weighted by atomic mass is 10.2. The summed E-state index contributed by atoms with van der Waals surface area (Å²) >= 11 is 0. The van der Waals surface area contributed by atoms with Gasteiger partial charge in [0, 0.05) is 18.3 Å². The Labute approximate surface area is 76.0 Å². The predicted octanol–water partition coefficient (Wildman–Crippen LogP) is 0.373. The van der Waals surface area contributed by atoms with E-state index in [2.05, 4.69) is 16.9 Å². The average molecular weight is 178 g/mol. The second-order valence-electron chi connectivity index (χ2n) is 2.96. The monoisotopic (exact) mass is 178 g/mol. The highest BCUT2D eigenvalue weighted by molar-refractivity contribution is 5.87. The molecule has 0 spiro atoms. The Morgan fingerprint density at radius 3 is 3.15 bits per heavy atom. The van der Waals surface area contributed by atoms with E-state index in [1.807, 2.05) is 6.08 Å². The molecular formula is C9H10N2O2. The molecule has 1 amide bonds. The lowest BCUT2D eigenvalue weighted by Crippen LogP contribution is -2.43. The van der Waals surface area contributed by atoms with E-state index in [1.165, 1.54) is 0 Å². The largest absolute Gasteiger partial charge is 0.356 e. The maximum absolute atomic E-state index is 11.4. The number of rotatable bonds is 1. The molecule has 0 radical (unpaired) electrons. The van der Waals surface area contributed by atoms with Gasteiger partial charge in [0.1, 0.15) is 0 Å². The normalized spacial score (nSPS) is 27.4. The number of carbonyl (C=O) groups excluding carboxylic acids is 1. The van der Waals surface area contributed by atoms with E-state index in [4.69, 9.17) is 4.74 Å². The van der Waals surface area contributed by atoms with Crippen LogP contribution in [0, 0.1) is 0 Å². The van der Waals surface area contributed by atoms with Crippen LogP contribution in [0.5, 0.6) is 0 Å². The maximum atomic E-state index is 11.4. The van der Waals surface area contributed by atoms with E-state index < -0.39 is 6.10 Å². The summed E-state index contributed by atoms with van der Waals surface area (Å²) in [5, 5.41) is 2.63. The minimum Gasteiger partial charge on any atom is -0.356 e. The highest BCUT2D eigenvalue weighted by atomic mass is 16.5. The number of aliphatic imine (C=N–C) groups is 1. The highest BCUT2D eigenvalue weighted by Gasteiger charge is 2.28. The first kappa shape index (κ1) is 8.19. The van der Waals surface area contributed by atoms with Crippen molar-refractivity contribution in [3.63, 3.8) is 0 Å². The van der Waals surface area contributed by atoms with Crippen LogP contribution in [0.25, 0.3) is 0 Å². The molecule has 0 aliphatic carbocycles. The van der Waals surface area contributed by atoms with E-state index in [1.54, 1.807) is 6.21 Å². The van der Waals surface area contributed by atoms with Crippen LogP contribution >= 0.6 is 0 Å². The predicted molar refractivity (Wildman–Crippen MR) is 48.2 cm³/mol. The Bertz CT molecular complexity index is 318. The molecule has 13 heavy (non-hydrogen) atoms. The van der Waals surface area contributed by atoms with Crippen molar-refractivity contribution in [3.05, 3.63) is 24.0 Å². The van der Waals surface area contributed by atoms with E-state index in [9.17, 15) is 4.79 Å². The van der Waals surface area contributed by atoms with Crippen molar-refractivity contribution < 1.29 is 9.53 Å². The Hall–Kier alpha value is -1.42. The van der Waals surface area contributed by atoms with Crippen LogP contribution in [-0.4, -0.2) is 24.8 Å². The van der Waals surface area contributed by atoms with Crippen molar-refractivity contribution in [3.8, 4) is 0 Å². The van der Waals surface area contributed by atoms with Crippen molar-refractivity contribution in [2.45, 2.75) is 12.5 Å². The molecule has 4 nitrogen and oxygen atoms in total. The molecule has 0 aromatic rings. The number of hydrogen-bond donors (Lipinski definition) is 1. The van der Waals surface area contributed by atoms with Gasteiger partial charge in [0.05, 0.1) is 12.3 Å². The van der Waals surface area contributed by atoms with Crippen LogP contribution < -0.4 is 5.32 Å². The van der Waals surface area contributed by atoms with Gasteiger partial charge in [-0.3, -0.25) is 9.79 Å². The van der Waals surface area contributed by atoms with Crippen LogP contribution in [-0.2, 0) is 9.53 Å². The van der Waals surface area contributed by atoms with Gasteiger partial charge in [0.25, 0.3) is 5.91 Å². The highest BCUT2D eigenvalue weighted by Crippen LogP contribution is 2.17. The van der Waals surface area contributed by atoms with E-state index >= 15 is 0 Å². The third-order valence-corrected chi connectivity index (χ3v) is 1.90. The molecule has 2 aliphatic rings. The smallest absolute Gasteiger partial charge is 0.259 e. The number of nitrogens with zero attached hydrogens (tertiary/aromatic N) is 1. The molecule has 0 bridgehead atoms. The zero-order valence-corrected chi connectivity index (χ0v) is 7.12. The van der Waals surface area contributed by atoms with Crippen LogP contribution in [0.3, 0.4) is 0 Å². The van der Waals surface area contributed by atoms with E-state index in [-0.39, 0.29) is 5.91 Å². The molecule has 2 heterocycles. The molecule has 0 aromatic heterocycles. The number of hydrogen-bond acceptors (Lipinski definition) is 3. The van der Waals surface area contributed by atoms with E-state index in [0.29, 0.717) is 18.0 Å². The Kier molecular flexibility index (Phi) is 1.98. The Morgan fingerprint density at radius 1 is 1.69 bits per heavy atom. The van der Waals surface area contributed by atoms with Crippen molar-refractivity contribution in [1.82, 2.24) is 5.32 Å². The standard InChI is InChI=1S/C9H10N2O2/c1-6-5-13-8(9(12)11-6)7-3-2-4-10-7/h3-4,8H,1-2,5H2,(H,11,12). The summed E-state index contributed by atoms with van der Waals surface area (Å²) in [5.41, 5.74) is 1.30. The molecule has 1 unspecified atom stereocenters. The van der Waals surface area contributed by atoms with Gasteiger partial charge in [0.15, 0.2) is 6.10 Å². The number of nitrogens with one attached hydrogen (secondary N) is 1. The Balaban J connectivity index is 2.12. The number of amides is 1. The van der Waals surface area contributed by atoms with Crippen molar-refractivity contribution >= 4 is 12.1 Å². The first-order valence-electron chi connectivity index (χ1n) is 4.10. The number of allylic oxidation sites excluding steroid dienone is 1. The van der Waals surface area contributed by atoms with Gasteiger partial charge in [0.2, 0.25) is 0 Å². The number of morpholine rings is 1. The van der Waals surface area contributed by atoms with Crippen LogP contribution in [0.4, 0.5) is 0 Å². The van der Waals surface area contributed by atoms with Crippen molar-refractivity contribution in [2.75, 3.05) is 6.61 Å². The van der Waals surface area contributed by atoms with Crippen LogP contribution in [0.15, 0.2) is 29.0 Å². The van der Waals surface area contributed by atoms with E-state index in [0.717, 1.165) is 6.42 Å². The summed E-state index contributed by atoms with van der Waals surface area (Å²) in [6.45, 7) is 3.98. The van der Waals surface area contributed by atoms with Gasteiger partial charge in [-0.05, 0) is 0 Å². The second kappa shape index (κ2) is 3.14. The summed E-state index contributed by atoms with van der Waals surface area (Å²) < 4.78 is 5.29. The van der Waals surface area contributed by atoms with Crippen molar-refractivity contribution in [1.29, 1.82) is 0 Å². The summed E-state index contributed by atoms with van der Waals surface area (Å²) in [7, 11) is 0. The first-order valence-corrected chi connectivity index (χ1v) is 4.10. The van der Waals surface area contributed by atoms with Gasteiger partial charge in [-0.15, -0.1) is 0 Å². The zero-order chi connectivity index (χ0) is 9.26. The fourth-order valence-corrected chi connectivity index (χ4v) is 1.31. The van der Waals surface area contributed by atoms with Gasteiger partial charge < -0.3 is 10.1 Å². The topological polar surface area (TPSA) is 50.7 Å². The molecule has 0 saturated carbocycles. The molecule has 1 N–H and O–H groups in total. The fourth-order valence-electron chi connectivity index (χ4n) is 1.31. The third-order valence-electron chi connectivity index (χ3n) is 1.90. The second-order valence-corrected chi connectivity index (χ2v) is 2.96. The maximum Gasteiger partial charge on any atom is 0.259 e. The summed E-state index contributed by atoms with van der Waals surface area (Å²) in [6, 6.07) is 0.